The molecule has 0 amide bonds. The van der Waals surface area contributed by atoms with Crippen molar-refractivity contribution < 1.29 is 9.47 Å². The summed E-state index contributed by atoms with van der Waals surface area (Å²) in [5.41, 5.74) is 1.24. The fraction of sp³-hybridized carbons (Fsp3) is 0.667. The molecule has 1 fully saturated rings. The van der Waals surface area contributed by atoms with Gasteiger partial charge in [0.2, 0.25) is 0 Å². The molecule has 0 aliphatic heterocycles. The lowest BCUT2D eigenvalue weighted by atomic mass is 9.89. The molecule has 1 N–H and O–H groups in total. The number of methoxy groups -OCH3 is 1. The summed E-state index contributed by atoms with van der Waals surface area (Å²) in [6, 6.07) is 6.72. The Balaban J connectivity index is 2.06. The van der Waals surface area contributed by atoms with E-state index in [1.54, 1.807) is 7.11 Å². The molecule has 1 aliphatic carbocycles. The molecule has 3 nitrogen and oxygen atoms in total. The molecular weight excluding hydrogens is 262 g/mol. The third-order valence-corrected chi connectivity index (χ3v) is 4.12. The second-order valence-corrected chi connectivity index (χ2v) is 6.53. The van der Waals surface area contributed by atoms with Crippen LogP contribution in [0, 0.1) is 5.92 Å². The lowest BCUT2D eigenvalue weighted by molar-refractivity contribution is 0.125. The molecule has 2 unspecified atom stereocenters. The predicted molar refractivity (Wildman–Crippen MR) is 87.0 cm³/mol. The summed E-state index contributed by atoms with van der Waals surface area (Å²) >= 11 is 0. The molecule has 118 valence electrons. The largest absolute Gasteiger partial charge is 0.493 e. The smallest absolute Gasteiger partial charge is 0.161 e. The van der Waals surface area contributed by atoms with Crippen molar-refractivity contribution in [1.82, 2.24) is 5.32 Å². The zero-order valence-corrected chi connectivity index (χ0v) is 13.8. The molecule has 3 heteroatoms. The van der Waals surface area contributed by atoms with Crippen molar-refractivity contribution in [2.75, 3.05) is 7.11 Å². The summed E-state index contributed by atoms with van der Waals surface area (Å²) in [6.07, 6.45) is 5.23. The van der Waals surface area contributed by atoms with E-state index in [1.165, 1.54) is 18.4 Å². The van der Waals surface area contributed by atoms with Crippen LogP contribution < -0.4 is 14.8 Å². The van der Waals surface area contributed by atoms with E-state index in [1.807, 2.05) is 6.07 Å². The molecular formula is C18H29NO2. The van der Waals surface area contributed by atoms with Crippen LogP contribution in [0.15, 0.2) is 18.2 Å². The molecule has 0 saturated heterocycles. The number of benzene rings is 1. The van der Waals surface area contributed by atoms with Gasteiger partial charge in [0, 0.05) is 12.6 Å². The number of hydrogen-bond donors (Lipinski definition) is 1. The van der Waals surface area contributed by atoms with E-state index in [0.717, 1.165) is 36.8 Å². The molecule has 0 bridgehead atoms. The SMILES string of the molecule is COc1ccc(CNC(C)C)cc1OC1CCCC(C)C1. The van der Waals surface area contributed by atoms with Crippen LogP contribution in [0.4, 0.5) is 0 Å². The summed E-state index contributed by atoms with van der Waals surface area (Å²) in [5.74, 6) is 2.49. The van der Waals surface area contributed by atoms with Crippen LogP contribution in [0.1, 0.15) is 52.0 Å². The first-order chi connectivity index (χ1) is 10.1. The van der Waals surface area contributed by atoms with Crippen molar-refractivity contribution in [2.24, 2.45) is 5.92 Å². The van der Waals surface area contributed by atoms with E-state index in [0.29, 0.717) is 12.1 Å². The lowest BCUT2D eigenvalue weighted by Gasteiger charge is -2.28. The summed E-state index contributed by atoms with van der Waals surface area (Å²) in [4.78, 5) is 0. The van der Waals surface area contributed by atoms with Gasteiger partial charge in [-0.15, -0.1) is 0 Å². The average molecular weight is 291 g/mol. The van der Waals surface area contributed by atoms with Crippen molar-refractivity contribution in [3.05, 3.63) is 23.8 Å². The van der Waals surface area contributed by atoms with Crippen molar-refractivity contribution in [1.29, 1.82) is 0 Å². The molecule has 21 heavy (non-hydrogen) atoms. The first kappa shape index (κ1) is 16.2. The third kappa shape index (κ3) is 4.92. The maximum absolute atomic E-state index is 6.24. The van der Waals surface area contributed by atoms with Crippen molar-refractivity contribution in [3.63, 3.8) is 0 Å². The number of nitrogens with one attached hydrogen (secondary N) is 1. The molecule has 1 aliphatic rings. The van der Waals surface area contributed by atoms with Crippen LogP contribution in [0.25, 0.3) is 0 Å². The van der Waals surface area contributed by atoms with Crippen LogP contribution in [0.5, 0.6) is 11.5 Å². The molecule has 0 heterocycles. The summed E-state index contributed by atoms with van der Waals surface area (Å²) in [6.45, 7) is 7.49. The van der Waals surface area contributed by atoms with Gasteiger partial charge < -0.3 is 14.8 Å². The van der Waals surface area contributed by atoms with Crippen LogP contribution in [-0.4, -0.2) is 19.3 Å². The second-order valence-electron chi connectivity index (χ2n) is 6.53. The topological polar surface area (TPSA) is 30.5 Å². The minimum Gasteiger partial charge on any atom is -0.493 e. The highest BCUT2D eigenvalue weighted by atomic mass is 16.5. The monoisotopic (exact) mass is 291 g/mol. The van der Waals surface area contributed by atoms with Crippen molar-refractivity contribution in [3.8, 4) is 11.5 Å². The summed E-state index contributed by atoms with van der Waals surface area (Å²) < 4.78 is 11.7. The molecule has 0 spiro atoms. The van der Waals surface area contributed by atoms with Crippen LogP contribution in [-0.2, 0) is 6.54 Å². The zero-order chi connectivity index (χ0) is 15.2. The highest BCUT2D eigenvalue weighted by molar-refractivity contribution is 5.43. The maximum atomic E-state index is 6.24. The Hall–Kier alpha value is -1.22. The van der Waals surface area contributed by atoms with Crippen LogP contribution in [0.3, 0.4) is 0 Å². The maximum Gasteiger partial charge on any atom is 0.161 e. The van der Waals surface area contributed by atoms with Crippen molar-refractivity contribution in [2.45, 2.75) is 65.1 Å². The second kappa shape index (κ2) is 7.69. The average Bonchev–Trinajstić information content (AvgIpc) is 2.45. The molecule has 0 aromatic heterocycles. The minimum absolute atomic E-state index is 0.330. The molecule has 2 atom stereocenters. The van der Waals surface area contributed by atoms with E-state index in [2.05, 4.69) is 38.2 Å². The van der Waals surface area contributed by atoms with E-state index < -0.39 is 0 Å². The number of hydrogen-bond acceptors (Lipinski definition) is 3. The minimum atomic E-state index is 0.330. The highest BCUT2D eigenvalue weighted by Crippen LogP contribution is 2.33. The fourth-order valence-electron chi connectivity index (χ4n) is 2.91. The van der Waals surface area contributed by atoms with E-state index in [-0.39, 0.29) is 0 Å². The number of ether oxygens (including phenoxy) is 2. The van der Waals surface area contributed by atoms with Gasteiger partial charge in [0.15, 0.2) is 11.5 Å². The van der Waals surface area contributed by atoms with Gasteiger partial charge in [0.25, 0.3) is 0 Å². The Bertz CT molecular complexity index is 445. The summed E-state index contributed by atoms with van der Waals surface area (Å²) in [5, 5.41) is 3.44. The van der Waals surface area contributed by atoms with Crippen molar-refractivity contribution >= 4 is 0 Å². The quantitative estimate of drug-likeness (QED) is 0.854. The third-order valence-electron chi connectivity index (χ3n) is 4.12. The molecule has 1 aromatic rings. The first-order valence-corrected chi connectivity index (χ1v) is 8.15. The summed E-state index contributed by atoms with van der Waals surface area (Å²) in [7, 11) is 1.71. The standard InChI is InChI=1S/C18H29NO2/c1-13(2)19-12-15-8-9-17(20-4)18(11-15)21-16-7-5-6-14(3)10-16/h8-9,11,13-14,16,19H,5-7,10,12H2,1-4H3. The highest BCUT2D eigenvalue weighted by Gasteiger charge is 2.21. The normalized spacial score (nSPS) is 22.3. The molecule has 2 rings (SSSR count). The first-order valence-electron chi connectivity index (χ1n) is 8.15. The Morgan fingerprint density at radius 2 is 2.05 bits per heavy atom. The van der Waals surface area contributed by atoms with Crippen LogP contribution in [0.2, 0.25) is 0 Å². The van der Waals surface area contributed by atoms with E-state index in [9.17, 15) is 0 Å². The van der Waals surface area contributed by atoms with Gasteiger partial charge in [0.05, 0.1) is 13.2 Å². The van der Waals surface area contributed by atoms with Gasteiger partial charge in [-0.2, -0.15) is 0 Å². The van der Waals surface area contributed by atoms with Gasteiger partial charge in [-0.25, -0.2) is 0 Å². The van der Waals surface area contributed by atoms with Gasteiger partial charge in [-0.1, -0.05) is 33.3 Å². The zero-order valence-electron chi connectivity index (χ0n) is 13.8. The van der Waals surface area contributed by atoms with Gasteiger partial charge in [-0.3, -0.25) is 0 Å². The Kier molecular flexibility index (Phi) is 5.92. The Labute approximate surface area is 129 Å². The Morgan fingerprint density at radius 1 is 1.24 bits per heavy atom. The van der Waals surface area contributed by atoms with Gasteiger partial charge in [-0.05, 0) is 42.9 Å². The molecule has 1 saturated carbocycles. The van der Waals surface area contributed by atoms with E-state index in [4.69, 9.17) is 9.47 Å². The fourth-order valence-corrected chi connectivity index (χ4v) is 2.91. The number of rotatable bonds is 6. The van der Waals surface area contributed by atoms with E-state index >= 15 is 0 Å². The van der Waals surface area contributed by atoms with Gasteiger partial charge in [0.1, 0.15) is 0 Å². The Morgan fingerprint density at radius 3 is 2.71 bits per heavy atom. The molecule has 1 aromatic carbocycles. The lowest BCUT2D eigenvalue weighted by Crippen LogP contribution is -2.24. The van der Waals surface area contributed by atoms with Crippen LogP contribution >= 0.6 is 0 Å². The molecule has 0 radical (unpaired) electrons. The predicted octanol–water partition coefficient (Wildman–Crippen LogP) is 4.15. The van der Waals surface area contributed by atoms with Gasteiger partial charge >= 0.3 is 0 Å².